The minimum absolute atomic E-state index is 0.144. The quantitative estimate of drug-likeness (QED) is 0.577. The van der Waals surface area contributed by atoms with Gasteiger partial charge in [-0.3, -0.25) is 14.9 Å². The molecule has 1 aromatic carbocycles. The summed E-state index contributed by atoms with van der Waals surface area (Å²) < 4.78 is 0. The number of nitrogens with two attached hydrogens (primary N) is 1. The Morgan fingerprint density at radius 2 is 2.15 bits per heavy atom. The molecule has 0 atom stereocenters. The predicted octanol–water partition coefficient (Wildman–Crippen LogP) is 1.35. The zero-order valence-corrected chi connectivity index (χ0v) is 7.12. The monoisotopic (exact) mass is 200 g/mol. The van der Waals surface area contributed by atoms with Gasteiger partial charge in [0.25, 0.3) is 11.6 Å². The van der Waals surface area contributed by atoms with E-state index in [1.807, 2.05) is 0 Å². The van der Waals surface area contributed by atoms with E-state index < -0.39 is 10.8 Å². The molecule has 0 aromatic heterocycles. The average Bonchev–Trinajstić information content (AvgIpc) is 2.03. The number of carbonyl (C=O) groups is 1. The lowest BCUT2D eigenvalue weighted by Crippen LogP contribution is -2.13. The molecule has 13 heavy (non-hydrogen) atoms. The SMILES string of the molecule is NC(=O)c1ccc(Cl)cc1[N+](=O)[O-]. The second-order valence-corrected chi connectivity index (χ2v) is 2.72. The van der Waals surface area contributed by atoms with Crippen LogP contribution in [0.4, 0.5) is 5.69 Å². The lowest BCUT2D eigenvalue weighted by molar-refractivity contribution is -0.385. The normalized spacial score (nSPS) is 9.62. The summed E-state index contributed by atoms with van der Waals surface area (Å²) in [6.07, 6.45) is 0. The molecule has 1 amide bonds. The van der Waals surface area contributed by atoms with Gasteiger partial charge in [-0.05, 0) is 12.1 Å². The van der Waals surface area contributed by atoms with E-state index in [1.165, 1.54) is 12.1 Å². The molecular formula is C7H5ClN2O3. The van der Waals surface area contributed by atoms with Crippen LogP contribution < -0.4 is 5.73 Å². The van der Waals surface area contributed by atoms with Crippen molar-refractivity contribution in [2.75, 3.05) is 0 Å². The molecule has 0 aliphatic rings. The Balaban J connectivity index is 3.35. The number of hydrogen-bond donors (Lipinski definition) is 1. The van der Waals surface area contributed by atoms with Crippen molar-refractivity contribution >= 4 is 23.2 Å². The lowest BCUT2D eigenvalue weighted by atomic mass is 10.2. The van der Waals surface area contributed by atoms with Gasteiger partial charge in [-0.1, -0.05) is 11.6 Å². The van der Waals surface area contributed by atoms with Crippen LogP contribution in [0, 0.1) is 10.1 Å². The van der Waals surface area contributed by atoms with Crippen LogP contribution in [0.25, 0.3) is 0 Å². The highest BCUT2D eigenvalue weighted by atomic mass is 35.5. The predicted molar refractivity (Wildman–Crippen MR) is 46.6 cm³/mol. The van der Waals surface area contributed by atoms with Crippen molar-refractivity contribution in [3.05, 3.63) is 38.9 Å². The highest BCUT2D eigenvalue weighted by Crippen LogP contribution is 2.22. The Morgan fingerprint density at radius 1 is 1.54 bits per heavy atom. The standard InChI is InChI=1S/C7H5ClN2O3/c8-4-1-2-5(7(9)11)6(3-4)10(12)13/h1-3H,(H2,9,11). The summed E-state index contributed by atoms with van der Waals surface area (Å²) in [6, 6.07) is 3.68. The third kappa shape index (κ3) is 1.94. The minimum Gasteiger partial charge on any atom is -0.365 e. The number of primary amides is 1. The van der Waals surface area contributed by atoms with E-state index in [2.05, 4.69) is 0 Å². The van der Waals surface area contributed by atoms with E-state index in [0.717, 1.165) is 6.07 Å². The molecule has 0 saturated carbocycles. The van der Waals surface area contributed by atoms with Crippen molar-refractivity contribution in [1.29, 1.82) is 0 Å². The van der Waals surface area contributed by atoms with Crippen molar-refractivity contribution in [3.8, 4) is 0 Å². The maximum absolute atomic E-state index is 10.7. The fourth-order valence-electron chi connectivity index (χ4n) is 0.864. The molecule has 1 rings (SSSR count). The van der Waals surface area contributed by atoms with Crippen LogP contribution in [0.1, 0.15) is 10.4 Å². The molecule has 0 spiro atoms. The summed E-state index contributed by atoms with van der Waals surface area (Å²) >= 11 is 5.51. The van der Waals surface area contributed by atoms with Gasteiger partial charge >= 0.3 is 0 Å². The highest BCUT2D eigenvalue weighted by molar-refractivity contribution is 6.31. The smallest absolute Gasteiger partial charge is 0.283 e. The van der Waals surface area contributed by atoms with Gasteiger partial charge < -0.3 is 5.73 Å². The van der Waals surface area contributed by atoms with Crippen molar-refractivity contribution in [2.24, 2.45) is 5.73 Å². The molecule has 68 valence electrons. The van der Waals surface area contributed by atoms with E-state index in [1.54, 1.807) is 0 Å². The average molecular weight is 201 g/mol. The topological polar surface area (TPSA) is 86.2 Å². The zero-order valence-electron chi connectivity index (χ0n) is 6.36. The van der Waals surface area contributed by atoms with Gasteiger partial charge in [0.2, 0.25) is 0 Å². The molecule has 0 fully saturated rings. The van der Waals surface area contributed by atoms with Gasteiger partial charge in [0, 0.05) is 11.1 Å². The van der Waals surface area contributed by atoms with Gasteiger partial charge in [-0.2, -0.15) is 0 Å². The van der Waals surface area contributed by atoms with Gasteiger partial charge in [0.1, 0.15) is 5.56 Å². The molecule has 2 N–H and O–H groups in total. The molecule has 0 saturated heterocycles. The molecule has 0 unspecified atom stereocenters. The van der Waals surface area contributed by atoms with Crippen LogP contribution >= 0.6 is 11.6 Å². The highest BCUT2D eigenvalue weighted by Gasteiger charge is 2.17. The van der Waals surface area contributed by atoms with Crippen LogP contribution in [-0.4, -0.2) is 10.8 Å². The second-order valence-electron chi connectivity index (χ2n) is 2.28. The largest absolute Gasteiger partial charge is 0.365 e. The first-order valence-electron chi connectivity index (χ1n) is 3.26. The molecule has 1 aromatic rings. The van der Waals surface area contributed by atoms with E-state index in [0.29, 0.717) is 0 Å². The Hall–Kier alpha value is -1.62. The summed E-state index contributed by atoms with van der Waals surface area (Å²) in [5.74, 6) is -0.844. The van der Waals surface area contributed by atoms with Crippen LogP contribution in [0.3, 0.4) is 0 Å². The van der Waals surface area contributed by atoms with Crippen LogP contribution in [-0.2, 0) is 0 Å². The number of carbonyl (C=O) groups excluding carboxylic acids is 1. The van der Waals surface area contributed by atoms with E-state index in [4.69, 9.17) is 17.3 Å². The van der Waals surface area contributed by atoms with E-state index >= 15 is 0 Å². The first kappa shape index (κ1) is 9.47. The number of rotatable bonds is 2. The number of nitrogens with zero attached hydrogens (tertiary/aromatic N) is 1. The summed E-state index contributed by atoms with van der Waals surface area (Å²) in [5, 5.41) is 10.6. The molecular weight excluding hydrogens is 196 g/mol. The second kappa shape index (κ2) is 3.40. The summed E-state index contributed by atoms with van der Waals surface area (Å²) in [5.41, 5.74) is 4.40. The maximum Gasteiger partial charge on any atom is 0.283 e. The van der Waals surface area contributed by atoms with Gasteiger partial charge in [0.05, 0.1) is 4.92 Å². The summed E-state index contributed by atoms with van der Waals surface area (Å²) in [4.78, 5) is 20.4. The molecule has 0 aliphatic carbocycles. The van der Waals surface area contributed by atoms with Crippen molar-refractivity contribution in [2.45, 2.75) is 0 Å². The molecule has 0 radical (unpaired) electrons. The minimum atomic E-state index is -0.844. The number of hydrogen-bond acceptors (Lipinski definition) is 3. The number of halogens is 1. The van der Waals surface area contributed by atoms with Gasteiger partial charge in [0.15, 0.2) is 0 Å². The third-order valence-electron chi connectivity index (χ3n) is 1.42. The van der Waals surface area contributed by atoms with Crippen molar-refractivity contribution in [1.82, 2.24) is 0 Å². The number of nitro groups is 1. The number of nitro benzene ring substituents is 1. The number of amides is 1. The first-order valence-corrected chi connectivity index (χ1v) is 3.64. The molecule has 0 heterocycles. The Kier molecular flexibility index (Phi) is 2.48. The summed E-state index contributed by atoms with van der Waals surface area (Å²) in [6.45, 7) is 0. The molecule has 0 aliphatic heterocycles. The van der Waals surface area contributed by atoms with E-state index in [9.17, 15) is 14.9 Å². The van der Waals surface area contributed by atoms with Crippen LogP contribution in [0.5, 0.6) is 0 Å². The third-order valence-corrected chi connectivity index (χ3v) is 1.66. The fraction of sp³-hybridized carbons (Fsp3) is 0. The first-order chi connectivity index (χ1) is 6.02. The van der Waals surface area contributed by atoms with E-state index in [-0.39, 0.29) is 16.3 Å². The molecule has 5 nitrogen and oxygen atoms in total. The van der Waals surface area contributed by atoms with Gasteiger partial charge in [-0.15, -0.1) is 0 Å². The van der Waals surface area contributed by atoms with Crippen LogP contribution in [0.2, 0.25) is 5.02 Å². The number of benzene rings is 1. The fourth-order valence-corrected chi connectivity index (χ4v) is 1.03. The molecule has 0 bridgehead atoms. The Bertz CT molecular complexity index is 378. The zero-order chi connectivity index (χ0) is 10.0. The summed E-state index contributed by atoms with van der Waals surface area (Å²) in [7, 11) is 0. The van der Waals surface area contributed by atoms with Crippen molar-refractivity contribution < 1.29 is 9.72 Å². The lowest BCUT2D eigenvalue weighted by Gasteiger charge is -1.97. The maximum atomic E-state index is 10.7. The Morgan fingerprint density at radius 3 is 2.62 bits per heavy atom. The Labute approximate surface area is 78.3 Å². The molecule has 6 heteroatoms. The van der Waals surface area contributed by atoms with Crippen LogP contribution in [0.15, 0.2) is 18.2 Å². The van der Waals surface area contributed by atoms with Gasteiger partial charge in [-0.25, -0.2) is 0 Å². The van der Waals surface area contributed by atoms with Crippen molar-refractivity contribution in [3.63, 3.8) is 0 Å².